The number of furan rings is 1. The number of nitrogens with one attached hydrogen (secondary N) is 1. The number of nitro groups is 1. The van der Waals surface area contributed by atoms with E-state index in [4.69, 9.17) is 9.15 Å². The third kappa shape index (κ3) is 4.12. The summed E-state index contributed by atoms with van der Waals surface area (Å²) in [6.07, 6.45) is 2.10. The van der Waals surface area contributed by atoms with Gasteiger partial charge < -0.3 is 14.5 Å². The molecule has 1 N–H and O–H groups in total. The van der Waals surface area contributed by atoms with E-state index < -0.39 is 22.9 Å². The smallest absolute Gasteiger partial charge is 0.433 e. The van der Waals surface area contributed by atoms with Crippen molar-refractivity contribution in [3.05, 3.63) is 28.0 Å². The second-order valence-corrected chi connectivity index (χ2v) is 6.32. The number of esters is 1. The Balaban J connectivity index is 1.90. The monoisotopic (exact) mass is 338 g/mol. The first-order valence-corrected chi connectivity index (χ1v) is 8.05. The number of carbonyl (C=O) groups excluding carboxylic acids is 2. The van der Waals surface area contributed by atoms with Gasteiger partial charge in [0.2, 0.25) is 5.76 Å². The standard InChI is InChI=1S/C16H22N2O6/c1-9-5-4-6-12(10(9)2)17-15(19)11(3)23-16(20)13-7-8-14(24-13)18(21)22/h7-12H,4-6H2,1-3H3,(H,17,19)/t9-,10+,11+,12+/m0/s1. The van der Waals surface area contributed by atoms with Gasteiger partial charge in [0.15, 0.2) is 6.10 Å². The molecule has 1 aliphatic carbocycles. The molecule has 0 spiro atoms. The Bertz CT molecular complexity index is 626. The molecule has 1 aromatic heterocycles. The van der Waals surface area contributed by atoms with E-state index in [1.165, 1.54) is 6.92 Å². The van der Waals surface area contributed by atoms with Crippen molar-refractivity contribution in [1.82, 2.24) is 5.32 Å². The molecular formula is C16H22N2O6. The number of rotatable bonds is 5. The lowest BCUT2D eigenvalue weighted by atomic mass is 9.78. The summed E-state index contributed by atoms with van der Waals surface area (Å²) in [7, 11) is 0. The van der Waals surface area contributed by atoms with E-state index in [0.717, 1.165) is 31.4 Å². The Hall–Kier alpha value is -2.38. The Morgan fingerprint density at radius 3 is 2.71 bits per heavy atom. The van der Waals surface area contributed by atoms with E-state index >= 15 is 0 Å². The molecule has 1 fully saturated rings. The largest absolute Gasteiger partial charge is 0.447 e. The van der Waals surface area contributed by atoms with Crippen LogP contribution in [0, 0.1) is 22.0 Å². The van der Waals surface area contributed by atoms with Crippen molar-refractivity contribution < 1.29 is 23.7 Å². The van der Waals surface area contributed by atoms with Gasteiger partial charge in [0.05, 0.1) is 6.07 Å². The minimum absolute atomic E-state index is 0.0621. The Morgan fingerprint density at radius 2 is 2.08 bits per heavy atom. The molecule has 0 saturated heterocycles. The third-order valence-corrected chi connectivity index (χ3v) is 4.66. The quantitative estimate of drug-likeness (QED) is 0.502. The summed E-state index contributed by atoms with van der Waals surface area (Å²) >= 11 is 0. The topological polar surface area (TPSA) is 112 Å². The third-order valence-electron chi connectivity index (χ3n) is 4.66. The number of hydrogen-bond donors (Lipinski definition) is 1. The molecule has 0 radical (unpaired) electrons. The second kappa shape index (κ2) is 7.46. The molecule has 132 valence electrons. The minimum atomic E-state index is -1.01. The van der Waals surface area contributed by atoms with Crippen LogP contribution in [-0.2, 0) is 9.53 Å². The molecule has 0 unspecified atom stereocenters. The van der Waals surface area contributed by atoms with E-state index in [-0.39, 0.29) is 17.7 Å². The van der Waals surface area contributed by atoms with Gasteiger partial charge in [0, 0.05) is 6.04 Å². The Labute approximate surface area is 139 Å². The van der Waals surface area contributed by atoms with Crippen LogP contribution in [-0.4, -0.2) is 28.9 Å². The number of amides is 1. The van der Waals surface area contributed by atoms with E-state index in [1.54, 1.807) is 0 Å². The van der Waals surface area contributed by atoms with E-state index in [1.807, 2.05) is 0 Å². The maximum Gasteiger partial charge on any atom is 0.433 e. The van der Waals surface area contributed by atoms with Crippen LogP contribution in [0.5, 0.6) is 0 Å². The number of nitrogens with zero attached hydrogens (tertiary/aromatic N) is 1. The molecule has 0 aliphatic heterocycles. The summed E-state index contributed by atoms with van der Waals surface area (Å²) in [5.74, 6) is -1.25. The summed E-state index contributed by atoms with van der Waals surface area (Å²) in [5.41, 5.74) is 0. The van der Waals surface area contributed by atoms with Gasteiger partial charge in [-0.05, 0) is 31.2 Å². The molecule has 1 amide bonds. The lowest BCUT2D eigenvalue weighted by Gasteiger charge is -2.35. The summed E-state index contributed by atoms with van der Waals surface area (Å²) in [6.45, 7) is 5.73. The normalized spacial score (nSPS) is 24.9. The van der Waals surface area contributed by atoms with Crippen molar-refractivity contribution in [2.24, 2.45) is 11.8 Å². The fourth-order valence-electron chi connectivity index (χ4n) is 2.89. The number of carbonyl (C=O) groups is 2. The van der Waals surface area contributed by atoms with Crippen molar-refractivity contribution in [3.8, 4) is 0 Å². The van der Waals surface area contributed by atoms with Crippen LogP contribution in [0.2, 0.25) is 0 Å². The summed E-state index contributed by atoms with van der Waals surface area (Å²) in [5, 5.41) is 13.5. The van der Waals surface area contributed by atoms with Gasteiger partial charge in [-0.1, -0.05) is 26.7 Å². The second-order valence-electron chi connectivity index (χ2n) is 6.32. The first-order chi connectivity index (χ1) is 11.3. The maximum absolute atomic E-state index is 12.2. The molecule has 8 heteroatoms. The summed E-state index contributed by atoms with van der Waals surface area (Å²) in [4.78, 5) is 33.9. The molecule has 2 rings (SSSR count). The predicted octanol–water partition coefficient (Wildman–Crippen LogP) is 2.67. The maximum atomic E-state index is 12.2. The zero-order chi connectivity index (χ0) is 17.9. The molecule has 0 bridgehead atoms. The average Bonchev–Trinajstić information content (AvgIpc) is 3.02. The average molecular weight is 338 g/mol. The minimum Gasteiger partial charge on any atom is -0.447 e. The lowest BCUT2D eigenvalue weighted by Crippen LogP contribution is -2.47. The van der Waals surface area contributed by atoms with Crippen LogP contribution in [0.25, 0.3) is 0 Å². The molecule has 1 aliphatic rings. The van der Waals surface area contributed by atoms with Gasteiger partial charge in [-0.15, -0.1) is 0 Å². The molecule has 1 heterocycles. The Kier molecular flexibility index (Phi) is 5.58. The van der Waals surface area contributed by atoms with Gasteiger partial charge in [0.1, 0.15) is 4.92 Å². The highest BCUT2D eigenvalue weighted by atomic mass is 16.7. The zero-order valence-corrected chi connectivity index (χ0v) is 14.0. The van der Waals surface area contributed by atoms with Gasteiger partial charge in [-0.2, -0.15) is 0 Å². The first-order valence-electron chi connectivity index (χ1n) is 8.05. The van der Waals surface area contributed by atoms with Crippen molar-refractivity contribution >= 4 is 17.8 Å². The van der Waals surface area contributed by atoms with Crippen molar-refractivity contribution in [2.75, 3.05) is 0 Å². The number of ether oxygens (including phenoxy) is 1. The Morgan fingerprint density at radius 1 is 1.38 bits per heavy atom. The van der Waals surface area contributed by atoms with Gasteiger partial charge in [0.25, 0.3) is 5.91 Å². The number of hydrogen-bond acceptors (Lipinski definition) is 6. The van der Waals surface area contributed by atoms with Crippen LogP contribution in [0.3, 0.4) is 0 Å². The fraction of sp³-hybridized carbons (Fsp3) is 0.625. The SMILES string of the molecule is C[C@@H]1[C@@H](C)CCC[C@H]1NC(=O)[C@@H](C)OC(=O)c1ccc([N+](=O)[O-])o1. The van der Waals surface area contributed by atoms with Gasteiger partial charge in [-0.3, -0.25) is 14.9 Å². The highest BCUT2D eigenvalue weighted by Gasteiger charge is 2.30. The van der Waals surface area contributed by atoms with Crippen LogP contribution >= 0.6 is 0 Å². The highest BCUT2D eigenvalue weighted by molar-refractivity contribution is 5.90. The zero-order valence-electron chi connectivity index (χ0n) is 14.0. The van der Waals surface area contributed by atoms with Crippen molar-refractivity contribution in [1.29, 1.82) is 0 Å². The lowest BCUT2D eigenvalue weighted by molar-refractivity contribution is -0.402. The van der Waals surface area contributed by atoms with Crippen molar-refractivity contribution in [2.45, 2.75) is 52.2 Å². The van der Waals surface area contributed by atoms with E-state index in [2.05, 4.69) is 19.2 Å². The van der Waals surface area contributed by atoms with Crippen molar-refractivity contribution in [3.63, 3.8) is 0 Å². The molecule has 24 heavy (non-hydrogen) atoms. The van der Waals surface area contributed by atoms with Crippen LogP contribution in [0.1, 0.15) is 50.6 Å². The van der Waals surface area contributed by atoms with E-state index in [0.29, 0.717) is 11.8 Å². The van der Waals surface area contributed by atoms with Gasteiger partial charge in [-0.25, -0.2) is 4.79 Å². The summed E-state index contributed by atoms with van der Waals surface area (Å²) in [6, 6.07) is 2.27. The molecule has 1 saturated carbocycles. The molecule has 4 atom stereocenters. The van der Waals surface area contributed by atoms with Crippen LogP contribution in [0.4, 0.5) is 5.88 Å². The van der Waals surface area contributed by atoms with Gasteiger partial charge >= 0.3 is 11.9 Å². The first kappa shape index (κ1) is 18.0. The van der Waals surface area contributed by atoms with Crippen LogP contribution in [0.15, 0.2) is 16.5 Å². The predicted molar refractivity (Wildman–Crippen MR) is 84.3 cm³/mol. The van der Waals surface area contributed by atoms with E-state index in [9.17, 15) is 19.7 Å². The molecular weight excluding hydrogens is 316 g/mol. The molecule has 0 aromatic carbocycles. The van der Waals surface area contributed by atoms with Crippen LogP contribution < -0.4 is 5.32 Å². The molecule has 1 aromatic rings. The highest BCUT2D eigenvalue weighted by Crippen LogP contribution is 2.29. The summed E-state index contributed by atoms with van der Waals surface area (Å²) < 4.78 is 9.79. The molecule has 8 nitrogen and oxygen atoms in total. The fourth-order valence-corrected chi connectivity index (χ4v) is 2.89.